The molecule has 2 rings (SSSR count). The predicted octanol–water partition coefficient (Wildman–Crippen LogP) is 0.783. The Balaban J connectivity index is 2.23. The van der Waals surface area contributed by atoms with Gasteiger partial charge in [-0.05, 0) is 0 Å². The maximum Gasteiger partial charge on any atom is 0.130 e. The number of hydrogen-bond donors (Lipinski definition) is 2. The van der Waals surface area contributed by atoms with Crippen LogP contribution in [-0.2, 0) is 0 Å². The van der Waals surface area contributed by atoms with Gasteiger partial charge in [-0.1, -0.05) is 4.13 Å². The van der Waals surface area contributed by atoms with Crippen molar-refractivity contribution in [3.63, 3.8) is 0 Å². The SMILES string of the molecule is [N]1SC2=C(NSN2)S1. The molecule has 8 heavy (non-hydrogen) atoms. The van der Waals surface area contributed by atoms with Crippen molar-refractivity contribution in [3.8, 4) is 0 Å². The van der Waals surface area contributed by atoms with Gasteiger partial charge in [0.05, 0.1) is 12.1 Å². The average molecular weight is 164 g/mol. The van der Waals surface area contributed by atoms with Gasteiger partial charge < -0.3 is 9.44 Å². The fourth-order valence-corrected chi connectivity index (χ4v) is 2.78. The van der Waals surface area contributed by atoms with Crippen LogP contribution in [0, 0.1) is 0 Å². The molecular weight excluding hydrogens is 162 g/mol. The molecule has 1 radical (unpaired) electrons. The summed E-state index contributed by atoms with van der Waals surface area (Å²) in [6.07, 6.45) is 0. The van der Waals surface area contributed by atoms with Crippen molar-refractivity contribution in [2.45, 2.75) is 0 Å². The fraction of sp³-hybridized carbons (Fsp3) is 0. The van der Waals surface area contributed by atoms with E-state index >= 15 is 0 Å². The van der Waals surface area contributed by atoms with Gasteiger partial charge in [0.2, 0.25) is 0 Å². The van der Waals surface area contributed by atoms with Crippen LogP contribution in [0.4, 0.5) is 0 Å². The minimum Gasteiger partial charge on any atom is -0.303 e. The Morgan fingerprint density at radius 3 is 2.38 bits per heavy atom. The Hall–Kier alpha value is 0.350. The first-order valence-electron chi connectivity index (χ1n) is 1.93. The first kappa shape index (κ1) is 5.16. The molecule has 0 unspecified atom stereocenters. The second-order valence-corrected chi connectivity index (χ2v) is 3.61. The van der Waals surface area contributed by atoms with Crippen molar-refractivity contribution in [2.24, 2.45) is 0 Å². The lowest BCUT2D eigenvalue weighted by molar-refractivity contribution is 1.38. The molecule has 0 atom stereocenters. The highest BCUT2D eigenvalue weighted by atomic mass is 32.2. The van der Waals surface area contributed by atoms with E-state index < -0.39 is 0 Å². The standard InChI is InChI=1S/C2H2N3S3/c3-1-2(4-8-3)7-5-6-1/h3-4H. The van der Waals surface area contributed by atoms with E-state index in [1.165, 1.54) is 36.0 Å². The summed E-state index contributed by atoms with van der Waals surface area (Å²) in [6, 6.07) is 0. The summed E-state index contributed by atoms with van der Waals surface area (Å²) in [6.45, 7) is 0. The van der Waals surface area contributed by atoms with E-state index in [-0.39, 0.29) is 0 Å². The van der Waals surface area contributed by atoms with Gasteiger partial charge in [-0.25, -0.2) is 0 Å². The zero-order valence-electron chi connectivity index (χ0n) is 3.67. The van der Waals surface area contributed by atoms with Crippen LogP contribution in [-0.4, -0.2) is 0 Å². The number of nitrogens with one attached hydrogen (secondary N) is 2. The monoisotopic (exact) mass is 164 g/mol. The molecular formula is C2H2N3S3. The van der Waals surface area contributed by atoms with Crippen molar-refractivity contribution in [2.75, 3.05) is 0 Å². The summed E-state index contributed by atoms with van der Waals surface area (Å²) in [5.74, 6) is 0. The molecule has 0 saturated carbocycles. The molecule has 2 aliphatic rings. The smallest absolute Gasteiger partial charge is 0.130 e. The Bertz CT molecular complexity index is 115. The Morgan fingerprint density at radius 2 is 1.75 bits per heavy atom. The first-order valence-corrected chi connectivity index (χ1v) is 4.29. The highest BCUT2D eigenvalue weighted by Crippen LogP contribution is 2.37. The molecule has 43 valence electrons. The van der Waals surface area contributed by atoms with Crippen LogP contribution in [0.5, 0.6) is 0 Å². The molecule has 0 saturated heterocycles. The lowest BCUT2D eigenvalue weighted by Gasteiger charge is -1.93. The summed E-state index contributed by atoms with van der Waals surface area (Å²) in [4.78, 5) is 0. The number of hydrogen-bond acceptors (Lipinski definition) is 5. The largest absolute Gasteiger partial charge is 0.303 e. The van der Waals surface area contributed by atoms with Crippen molar-refractivity contribution in [1.82, 2.24) is 13.6 Å². The third-order valence-electron chi connectivity index (χ3n) is 0.751. The second kappa shape index (κ2) is 1.94. The molecule has 2 aliphatic heterocycles. The van der Waals surface area contributed by atoms with Crippen LogP contribution < -0.4 is 13.6 Å². The topological polar surface area (TPSA) is 38.2 Å². The van der Waals surface area contributed by atoms with E-state index in [4.69, 9.17) is 0 Å². The minimum absolute atomic E-state index is 1.14. The molecule has 0 spiro atoms. The van der Waals surface area contributed by atoms with Gasteiger partial charge in [-0.2, -0.15) is 0 Å². The van der Waals surface area contributed by atoms with Gasteiger partial charge in [-0.3, -0.25) is 0 Å². The van der Waals surface area contributed by atoms with E-state index in [9.17, 15) is 0 Å². The molecule has 0 aromatic heterocycles. The fourth-order valence-electron chi connectivity index (χ4n) is 0.424. The van der Waals surface area contributed by atoms with Crippen molar-refractivity contribution >= 4 is 36.0 Å². The normalized spacial score (nSPS) is 25.0. The van der Waals surface area contributed by atoms with Gasteiger partial charge in [0.1, 0.15) is 10.1 Å². The Morgan fingerprint density at radius 1 is 1.12 bits per heavy atom. The molecule has 0 bridgehead atoms. The molecule has 0 aromatic carbocycles. The van der Waals surface area contributed by atoms with Gasteiger partial charge in [0, 0.05) is 23.9 Å². The first-order chi connectivity index (χ1) is 3.97. The molecule has 0 aliphatic carbocycles. The van der Waals surface area contributed by atoms with Crippen LogP contribution >= 0.6 is 36.0 Å². The maximum absolute atomic E-state index is 3.99. The molecule has 6 heteroatoms. The summed E-state index contributed by atoms with van der Waals surface area (Å²) in [5.41, 5.74) is 0. The van der Waals surface area contributed by atoms with Crippen molar-refractivity contribution in [3.05, 3.63) is 10.1 Å². The highest BCUT2D eigenvalue weighted by molar-refractivity contribution is 8.20. The van der Waals surface area contributed by atoms with E-state index in [2.05, 4.69) is 13.6 Å². The predicted molar refractivity (Wildman–Crippen MR) is 38.2 cm³/mol. The third-order valence-corrected chi connectivity index (χ3v) is 3.32. The zero-order chi connectivity index (χ0) is 5.40. The molecule has 0 amide bonds. The van der Waals surface area contributed by atoms with Gasteiger partial charge in [-0.15, -0.1) is 0 Å². The summed E-state index contributed by atoms with van der Waals surface area (Å²) in [5, 5.41) is 2.28. The second-order valence-electron chi connectivity index (χ2n) is 1.22. The van der Waals surface area contributed by atoms with E-state index in [1.54, 1.807) is 0 Å². The van der Waals surface area contributed by atoms with Crippen LogP contribution in [0.1, 0.15) is 0 Å². The lowest BCUT2D eigenvalue weighted by atomic mass is 10.9. The summed E-state index contributed by atoms with van der Waals surface area (Å²) in [7, 11) is 0. The average Bonchev–Trinajstić information content (AvgIpc) is 2.15. The number of nitrogens with zero attached hydrogens (tertiary/aromatic N) is 1. The van der Waals surface area contributed by atoms with Crippen LogP contribution in [0.25, 0.3) is 0 Å². The third kappa shape index (κ3) is 0.680. The molecule has 0 fully saturated rings. The zero-order valence-corrected chi connectivity index (χ0v) is 6.12. The summed E-state index contributed by atoms with van der Waals surface area (Å²) < 4.78 is 10.1. The quantitative estimate of drug-likeness (QED) is 0.518. The van der Waals surface area contributed by atoms with Gasteiger partial charge in [0.25, 0.3) is 0 Å². The van der Waals surface area contributed by atoms with Crippen LogP contribution in [0.15, 0.2) is 10.1 Å². The lowest BCUT2D eigenvalue weighted by Crippen LogP contribution is -1.96. The minimum atomic E-state index is 1.14. The van der Waals surface area contributed by atoms with Gasteiger partial charge in [0.15, 0.2) is 0 Å². The maximum atomic E-state index is 3.99. The van der Waals surface area contributed by atoms with E-state index in [1.807, 2.05) is 0 Å². The molecule has 2 N–H and O–H groups in total. The van der Waals surface area contributed by atoms with Crippen LogP contribution in [0.3, 0.4) is 0 Å². The van der Waals surface area contributed by atoms with E-state index in [0.29, 0.717) is 0 Å². The van der Waals surface area contributed by atoms with Crippen molar-refractivity contribution in [1.29, 1.82) is 0 Å². The van der Waals surface area contributed by atoms with Crippen molar-refractivity contribution < 1.29 is 0 Å². The molecule has 0 aromatic rings. The van der Waals surface area contributed by atoms with Crippen LogP contribution in [0.2, 0.25) is 0 Å². The van der Waals surface area contributed by atoms with Gasteiger partial charge >= 0.3 is 0 Å². The summed E-state index contributed by atoms with van der Waals surface area (Å²) >= 11 is 4.46. The number of rotatable bonds is 0. The molecule has 3 nitrogen and oxygen atoms in total. The Labute approximate surface area is 60.0 Å². The Kier molecular flexibility index (Phi) is 1.25. The molecule has 2 heterocycles. The van der Waals surface area contributed by atoms with E-state index in [0.717, 1.165) is 10.1 Å². The highest BCUT2D eigenvalue weighted by Gasteiger charge is 2.22.